The van der Waals surface area contributed by atoms with Crippen molar-refractivity contribution in [3.8, 4) is 0 Å². The lowest BCUT2D eigenvalue weighted by molar-refractivity contribution is -0.134. The number of likely N-dealkylation sites (N-methyl/N-ethyl adjacent to an activating group) is 1. The minimum atomic E-state index is 0.0756. The molecule has 0 aliphatic carbocycles. The van der Waals surface area contributed by atoms with Gasteiger partial charge in [0.15, 0.2) is 0 Å². The molecule has 0 radical (unpaired) electrons. The van der Waals surface area contributed by atoms with E-state index in [9.17, 15) is 9.59 Å². The molecule has 158 valence electrons. The van der Waals surface area contributed by atoms with Gasteiger partial charge < -0.3 is 19.4 Å². The number of piperidine rings is 1. The molecule has 4 heterocycles. The zero-order valence-corrected chi connectivity index (χ0v) is 17.4. The summed E-state index contributed by atoms with van der Waals surface area (Å²) in [5.74, 6) is 0.651. The van der Waals surface area contributed by atoms with E-state index >= 15 is 0 Å². The highest BCUT2D eigenvalue weighted by atomic mass is 16.5. The van der Waals surface area contributed by atoms with Crippen LogP contribution in [-0.2, 0) is 9.53 Å². The van der Waals surface area contributed by atoms with Crippen molar-refractivity contribution in [1.82, 2.24) is 19.7 Å². The number of pyridine rings is 1. The average molecular weight is 401 g/mol. The van der Waals surface area contributed by atoms with E-state index in [2.05, 4.69) is 16.9 Å². The van der Waals surface area contributed by atoms with Crippen LogP contribution in [0.15, 0.2) is 18.3 Å². The first-order valence-electron chi connectivity index (χ1n) is 10.9. The minimum Gasteiger partial charge on any atom is -0.378 e. The largest absolute Gasteiger partial charge is 0.378 e. The summed E-state index contributed by atoms with van der Waals surface area (Å²) in [7, 11) is 2.08. The van der Waals surface area contributed by atoms with Crippen molar-refractivity contribution in [3.05, 3.63) is 29.6 Å². The van der Waals surface area contributed by atoms with Crippen molar-refractivity contribution in [2.45, 2.75) is 44.1 Å². The molecular weight excluding hydrogens is 368 g/mol. The highest BCUT2D eigenvalue weighted by Gasteiger charge is 2.28. The van der Waals surface area contributed by atoms with Crippen LogP contribution in [0.4, 0.5) is 0 Å². The molecule has 0 spiro atoms. The van der Waals surface area contributed by atoms with Crippen LogP contribution in [0.3, 0.4) is 0 Å². The normalized spacial score (nSPS) is 24.1. The van der Waals surface area contributed by atoms with Gasteiger partial charge >= 0.3 is 0 Å². The highest BCUT2D eigenvalue weighted by molar-refractivity contribution is 5.94. The summed E-state index contributed by atoms with van der Waals surface area (Å²) in [6, 6.07) is 3.91. The summed E-state index contributed by atoms with van der Waals surface area (Å²) < 4.78 is 5.59. The molecule has 29 heavy (non-hydrogen) atoms. The molecule has 4 rings (SSSR count). The van der Waals surface area contributed by atoms with Gasteiger partial charge in [-0.3, -0.25) is 14.6 Å². The monoisotopic (exact) mass is 400 g/mol. The van der Waals surface area contributed by atoms with Crippen LogP contribution in [-0.4, -0.2) is 90.5 Å². The van der Waals surface area contributed by atoms with E-state index in [1.54, 1.807) is 6.20 Å². The van der Waals surface area contributed by atoms with Gasteiger partial charge in [-0.1, -0.05) is 0 Å². The molecule has 1 aromatic rings. The minimum absolute atomic E-state index is 0.0756. The lowest BCUT2D eigenvalue weighted by Crippen LogP contribution is -2.47. The molecule has 0 saturated carbocycles. The van der Waals surface area contributed by atoms with Gasteiger partial charge in [0.05, 0.1) is 18.1 Å². The molecule has 0 aromatic carbocycles. The Morgan fingerprint density at radius 2 is 1.79 bits per heavy atom. The number of hydrogen-bond donors (Lipinski definition) is 0. The Kier molecular flexibility index (Phi) is 6.45. The molecular formula is C22H32N4O3. The zero-order valence-electron chi connectivity index (χ0n) is 17.4. The Morgan fingerprint density at radius 3 is 2.41 bits per heavy atom. The lowest BCUT2D eigenvalue weighted by atomic mass is 9.92. The summed E-state index contributed by atoms with van der Waals surface area (Å²) >= 11 is 0. The van der Waals surface area contributed by atoms with Gasteiger partial charge in [-0.25, -0.2) is 0 Å². The van der Waals surface area contributed by atoms with E-state index in [1.165, 1.54) is 0 Å². The molecule has 1 atom stereocenters. The number of rotatable bonds is 4. The third-order valence-electron chi connectivity index (χ3n) is 6.52. The maximum atomic E-state index is 12.7. The Morgan fingerprint density at radius 1 is 1.03 bits per heavy atom. The van der Waals surface area contributed by atoms with E-state index in [-0.39, 0.29) is 17.9 Å². The van der Waals surface area contributed by atoms with Crippen LogP contribution >= 0.6 is 0 Å². The second kappa shape index (κ2) is 9.22. The summed E-state index contributed by atoms with van der Waals surface area (Å²) in [4.78, 5) is 35.9. The predicted molar refractivity (Wildman–Crippen MR) is 110 cm³/mol. The van der Waals surface area contributed by atoms with Crippen LogP contribution in [0.2, 0.25) is 0 Å². The molecule has 3 aliphatic rings. The molecule has 3 saturated heterocycles. The van der Waals surface area contributed by atoms with E-state index in [1.807, 2.05) is 21.9 Å². The molecule has 0 N–H and O–H groups in total. The topological polar surface area (TPSA) is 66.0 Å². The van der Waals surface area contributed by atoms with Crippen molar-refractivity contribution in [2.24, 2.45) is 0 Å². The maximum Gasteiger partial charge on any atom is 0.255 e. The molecule has 7 heteroatoms. The second-order valence-corrected chi connectivity index (χ2v) is 8.56. The van der Waals surface area contributed by atoms with Crippen molar-refractivity contribution in [2.75, 3.05) is 52.9 Å². The number of ether oxygens (including phenoxy) is 1. The van der Waals surface area contributed by atoms with Gasteiger partial charge in [-0.2, -0.15) is 0 Å². The first-order valence-corrected chi connectivity index (χ1v) is 10.9. The van der Waals surface area contributed by atoms with Crippen LogP contribution < -0.4 is 0 Å². The summed E-state index contributed by atoms with van der Waals surface area (Å²) in [6.45, 7) is 5.73. The Hall–Kier alpha value is -1.99. The highest BCUT2D eigenvalue weighted by Crippen LogP contribution is 2.28. The van der Waals surface area contributed by atoms with Gasteiger partial charge in [-0.05, 0) is 44.9 Å². The maximum absolute atomic E-state index is 12.7. The Labute approximate surface area is 173 Å². The number of carbonyl (C=O) groups is 2. The van der Waals surface area contributed by atoms with Gasteiger partial charge in [0.25, 0.3) is 5.91 Å². The summed E-state index contributed by atoms with van der Waals surface area (Å²) in [5.41, 5.74) is 1.70. The molecule has 2 amide bonds. The number of hydrogen-bond acceptors (Lipinski definition) is 5. The number of likely N-dealkylation sites (tertiary alicyclic amines) is 1. The van der Waals surface area contributed by atoms with Crippen molar-refractivity contribution < 1.29 is 14.3 Å². The van der Waals surface area contributed by atoms with Crippen molar-refractivity contribution >= 4 is 11.8 Å². The zero-order chi connectivity index (χ0) is 20.2. The third kappa shape index (κ3) is 4.95. The number of piperazine rings is 1. The predicted octanol–water partition coefficient (Wildman–Crippen LogP) is 1.74. The molecule has 3 aliphatic heterocycles. The fourth-order valence-corrected chi connectivity index (χ4v) is 4.52. The van der Waals surface area contributed by atoms with Crippen LogP contribution in [0.5, 0.6) is 0 Å². The quantitative estimate of drug-likeness (QED) is 0.770. The Balaban J connectivity index is 1.27. The lowest BCUT2D eigenvalue weighted by Gasteiger charge is -2.33. The fraction of sp³-hybridized carbons (Fsp3) is 0.682. The van der Waals surface area contributed by atoms with Gasteiger partial charge in [-0.15, -0.1) is 0 Å². The average Bonchev–Trinajstić information content (AvgIpc) is 3.27. The summed E-state index contributed by atoms with van der Waals surface area (Å²) in [6.07, 6.45) is 6.29. The van der Waals surface area contributed by atoms with E-state index in [0.29, 0.717) is 17.9 Å². The molecule has 3 fully saturated rings. The van der Waals surface area contributed by atoms with Gasteiger partial charge in [0.2, 0.25) is 5.91 Å². The van der Waals surface area contributed by atoms with Crippen molar-refractivity contribution in [3.63, 3.8) is 0 Å². The number of nitrogens with zero attached hydrogens (tertiary/aromatic N) is 4. The standard InChI is InChI=1S/C22H32N4O3/c1-24-10-12-26(13-11-24)22(28)18-4-5-20(23-16-18)17-6-8-25(9-7-17)21(27)15-19-3-2-14-29-19/h4-5,16-17,19H,2-3,6-15H2,1H3. The fourth-order valence-electron chi connectivity index (χ4n) is 4.52. The molecule has 7 nitrogen and oxygen atoms in total. The van der Waals surface area contributed by atoms with E-state index < -0.39 is 0 Å². The smallest absolute Gasteiger partial charge is 0.255 e. The third-order valence-corrected chi connectivity index (χ3v) is 6.52. The number of aromatic nitrogens is 1. The first-order chi connectivity index (χ1) is 14.1. The Bertz CT molecular complexity index is 701. The van der Waals surface area contributed by atoms with Crippen LogP contribution in [0, 0.1) is 0 Å². The number of amides is 2. The van der Waals surface area contributed by atoms with Gasteiger partial charge in [0.1, 0.15) is 0 Å². The molecule has 1 unspecified atom stereocenters. The van der Waals surface area contributed by atoms with Crippen molar-refractivity contribution in [1.29, 1.82) is 0 Å². The van der Waals surface area contributed by atoms with Crippen LogP contribution in [0.1, 0.15) is 54.1 Å². The first kappa shape index (κ1) is 20.3. The second-order valence-electron chi connectivity index (χ2n) is 8.56. The van der Waals surface area contributed by atoms with E-state index in [4.69, 9.17) is 4.74 Å². The summed E-state index contributed by atoms with van der Waals surface area (Å²) in [5, 5.41) is 0. The van der Waals surface area contributed by atoms with Crippen LogP contribution in [0.25, 0.3) is 0 Å². The SMILES string of the molecule is CN1CCN(C(=O)c2ccc(C3CCN(C(=O)CC4CCCO4)CC3)nc2)CC1. The van der Waals surface area contributed by atoms with Gasteiger partial charge in [0, 0.05) is 63.7 Å². The number of carbonyl (C=O) groups excluding carboxylic acids is 2. The molecule has 0 bridgehead atoms. The molecule has 1 aromatic heterocycles. The van der Waals surface area contributed by atoms with E-state index in [0.717, 1.165) is 77.3 Å².